The monoisotopic (exact) mass is 621 g/mol. The first-order chi connectivity index (χ1) is 20.2. The average molecular weight is 622 g/mol. The number of aliphatic hydroxyl groups excluding tert-OH is 5. The summed E-state index contributed by atoms with van der Waals surface area (Å²) in [5.74, 6) is -1.62. The van der Waals surface area contributed by atoms with Crippen molar-refractivity contribution < 1.29 is 49.4 Å². The van der Waals surface area contributed by atoms with Crippen molar-refractivity contribution in [1.82, 2.24) is 15.0 Å². The Morgan fingerprint density at radius 1 is 1.16 bits per heavy atom. The van der Waals surface area contributed by atoms with Crippen LogP contribution in [-0.2, 0) is 37.6 Å². The van der Waals surface area contributed by atoms with E-state index in [9.17, 15) is 39.9 Å². The van der Waals surface area contributed by atoms with E-state index in [1.165, 1.54) is 4.90 Å². The molecule has 9 atom stereocenters. The molecule has 5 rings (SSSR count). The standard InChI is InChI=1S/C27H39N5O10Si/c1-13-23(43(3,4)40)18(7-9-32-12-15(8-10-33)29-30-32)42-27(13)16-11-14(5-6-17(16)31(2)26(27)39)28-24(37)22-20(35)19(34)21(36)25(38)41-22/h5-6,11-13,18-23,25,33-36,38,40H,7-10H2,1-4H3,(H,28,37)/t13-,18+,19-,20-,21+,22-,23-,25+,27+/m0/s1. The molecule has 2 fully saturated rings. The van der Waals surface area contributed by atoms with Crippen LogP contribution in [0.3, 0.4) is 0 Å². The number of anilines is 2. The number of nitrogens with zero attached hydrogens (tertiary/aromatic N) is 4. The number of nitrogens with one attached hydrogen (secondary N) is 1. The lowest BCUT2D eigenvalue weighted by Gasteiger charge is -2.37. The highest BCUT2D eigenvalue weighted by Gasteiger charge is 2.65. The number of aryl methyl sites for hydroxylation is 1. The molecule has 3 aliphatic rings. The van der Waals surface area contributed by atoms with Gasteiger partial charge < -0.3 is 50.0 Å². The Bertz CT molecular complexity index is 1370. The van der Waals surface area contributed by atoms with Crippen molar-refractivity contribution >= 4 is 31.5 Å². The summed E-state index contributed by atoms with van der Waals surface area (Å²) in [6.07, 6.45) is -6.89. The van der Waals surface area contributed by atoms with E-state index in [4.69, 9.17) is 9.47 Å². The van der Waals surface area contributed by atoms with Gasteiger partial charge in [0.2, 0.25) is 0 Å². The lowest BCUT2D eigenvalue weighted by atomic mass is 9.82. The van der Waals surface area contributed by atoms with E-state index in [1.54, 1.807) is 36.1 Å². The van der Waals surface area contributed by atoms with Crippen molar-refractivity contribution in [2.24, 2.45) is 5.92 Å². The molecule has 1 aromatic carbocycles. The molecule has 0 unspecified atom stereocenters. The fraction of sp³-hybridized carbons (Fsp3) is 0.630. The number of ether oxygens (including phenoxy) is 2. The number of hydrogen-bond acceptors (Lipinski definition) is 12. The number of amides is 2. The highest BCUT2D eigenvalue weighted by Crippen LogP contribution is 2.59. The van der Waals surface area contributed by atoms with Gasteiger partial charge in [-0.15, -0.1) is 5.10 Å². The molecule has 0 bridgehead atoms. The highest BCUT2D eigenvalue weighted by atomic mass is 28.4. The van der Waals surface area contributed by atoms with Gasteiger partial charge in [-0.1, -0.05) is 12.1 Å². The van der Waals surface area contributed by atoms with Gasteiger partial charge in [-0.25, -0.2) is 0 Å². The molecular weight excluding hydrogens is 582 g/mol. The van der Waals surface area contributed by atoms with E-state index in [-0.39, 0.29) is 23.7 Å². The summed E-state index contributed by atoms with van der Waals surface area (Å²) in [6.45, 7) is 5.88. The maximum Gasteiger partial charge on any atom is 0.264 e. The molecule has 2 amide bonds. The minimum Gasteiger partial charge on any atom is -0.432 e. The zero-order chi connectivity index (χ0) is 31.4. The molecule has 0 radical (unpaired) electrons. The van der Waals surface area contributed by atoms with Gasteiger partial charge in [-0.05, 0) is 37.7 Å². The molecular formula is C27H39N5O10Si. The van der Waals surface area contributed by atoms with Gasteiger partial charge in [0.1, 0.15) is 18.3 Å². The Hall–Kier alpha value is -2.80. The van der Waals surface area contributed by atoms with Gasteiger partial charge in [0.15, 0.2) is 26.3 Å². The minimum atomic E-state index is -2.91. The Kier molecular flexibility index (Phi) is 8.53. The topological polar surface area (TPSA) is 220 Å². The number of likely N-dealkylation sites (N-methyl/N-ethyl adjacent to an activating group) is 1. The summed E-state index contributed by atoms with van der Waals surface area (Å²) in [4.78, 5) is 39.9. The van der Waals surface area contributed by atoms with Crippen molar-refractivity contribution in [3.8, 4) is 0 Å². The van der Waals surface area contributed by atoms with Crippen LogP contribution in [-0.4, -0.2) is 116 Å². The summed E-state index contributed by atoms with van der Waals surface area (Å²) in [7, 11) is -1.28. The van der Waals surface area contributed by atoms with Crippen LogP contribution in [0.25, 0.3) is 0 Å². The Balaban J connectivity index is 1.43. The number of carbonyl (C=O) groups is 2. The van der Waals surface area contributed by atoms with Crippen LogP contribution >= 0.6 is 0 Å². The summed E-state index contributed by atoms with van der Waals surface area (Å²) >= 11 is 0. The third-order valence-corrected chi connectivity index (χ3v) is 11.3. The van der Waals surface area contributed by atoms with Crippen molar-refractivity contribution in [1.29, 1.82) is 0 Å². The fourth-order valence-corrected chi connectivity index (χ4v) is 9.36. The predicted molar refractivity (Wildman–Crippen MR) is 152 cm³/mol. The molecule has 2 aromatic rings. The molecule has 1 aromatic heterocycles. The van der Waals surface area contributed by atoms with Crippen LogP contribution in [0.1, 0.15) is 24.6 Å². The zero-order valence-electron chi connectivity index (χ0n) is 24.4. The quantitative estimate of drug-likeness (QED) is 0.166. The van der Waals surface area contributed by atoms with Crippen LogP contribution < -0.4 is 10.2 Å². The molecule has 16 heteroatoms. The Labute approximate surface area is 248 Å². The molecule has 43 heavy (non-hydrogen) atoms. The first-order valence-corrected chi connectivity index (χ1v) is 17.2. The first kappa shape index (κ1) is 31.6. The lowest BCUT2D eigenvalue weighted by molar-refractivity contribution is -0.274. The van der Waals surface area contributed by atoms with Gasteiger partial charge in [0, 0.05) is 55.5 Å². The maximum atomic E-state index is 14.0. The Morgan fingerprint density at radius 2 is 1.88 bits per heavy atom. The number of fused-ring (bicyclic) bond motifs is 2. The van der Waals surface area contributed by atoms with Crippen LogP contribution in [0.4, 0.5) is 11.4 Å². The second kappa shape index (κ2) is 11.6. The van der Waals surface area contributed by atoms with Crippen LogP contribution in [0.15, 0.2) is 24.4 Å². The van der Waals surface area contributed by atoms with E-state index >= 15 is 0 Å². The number of hydrogen-bond donors (Lipinski definition) is 7. The van der Waals surface area contributed by atoms with Gasteiger partial charge in [0.05, 0.1) is 17.5 Å². The predicted octanol–water partition coefficient (Wildman–Crippen LogP) is -1.58. The number of rotatable bonds is 8. The Morgan fingerprint density at radius 3 is 2.56 bits per heavy atom. The normalized spacial score (nSPS) is 34.2. The average Bonchev–Trinajstić information content (AvgIpc) is 3.58. The summed E-state index contributed by atoms with van der Waals surface area (Å²) in [6, 6.07) is 4.82. The van der Waals surface area contributed by atoms with Crippen molar-refractivity contribution in [3.63, 3.8) is 0 Å². The minimum absolute atomic E-state index is 0.0460. The van der Waals surface area contributed by atoms with E-state index in [0.29, 0.717) is 36.3 Å². The van der Waals surface area contributed by atoms with Crippen LogP contribution in [0, 0.1) is 5.92 Å². The number of benzene rings is 1. The first-order valence-electron chi connectivity index (χ1n) is 14.2. The van der Waals surface area contributed by atoms with E-state index in [1.807, 2.05) is 20.0 Å². The van der Waals surface area contributed by atoms with Gasteiger partial charge in [-0.2, -0.15) is 0 Å². The molecule has 1 spiro atoms. The SMILES string of the molecule is C[C@H]1[C@H]([Si](C)(C)O)[C@@H](CCn2cc(CCO)nn2)O[C@]12C(=O)N(C)c1ccc(NC(=O)[C@H]3O[C@@H](O)[C@H](O)[C@@H](O)[C@@H]3O)cc12. The second-order valence-corrected chi connectivity index (χ2v) is 16.1. The van der Waals surface area contributed by atoms with Crippen LogP contribution in [0.2, 0.25) is 18.6 Å². The van der Waals surface area contributed by atoms with E-state index < -0.39 is 62.6 Å². The summed E-state index contributed by atoms with van der Waals surface area (Å²) < 4.78 is 13.4. The molecule has 0 aliphatic carbocycles. The van der Waals surface area contributed by atoms with Crippen LogP contribution in [0.5, 0.6) is 0 Å². The van der Waals surface area contributed by atoms with Crippen molar-refractivity contribution in [2.75, 3.05) is 23.9 Å². The van der Waals surface area contributed by atoms with Crippen molar-refractivity contribution in [2.45, 2.75) is 87.4 Å². The zero-order valence-corrected chi connectivity index (χ0v) is 25.4. The van der Waals surface area contributed by atoms with E-state index in [2.05, 4.69) is 15.6 Å². The number of carbonyl (C=O) groups excluding carboxylic acids is 2. The number of aromatic nitrogens is 3. The fourth-order valence-electron chi connectivity index (χ4n) is 6.76. The molecule has 15 nitrogen and oxygen atoms in total. The van der Waals surface area contributed by atoms with Gasteiger partial charge in [-0.3, -0.25) is 14.3 Å². The third-order valence-electron chi connectivity index (χ3n) is 8.82. The summed E-state index contributed by atoms with van der Waals surface area (Å²) in [5.41, 5.74) is 0.175. The maximum absolute atomic E-state index is 14.0. The molecule has 3 aliphatic heterocycles. The third kappa shape index (κ3) is 5.40. The molecule has 4 heterocycles. The number of aliphatic hydroxyl groups is 5. The smallest absolute Gasteiger partial charge is 0.264 e. The van der Waals surface area contributed by atoms with Gasteiger partial charge >= 0.3 is 0 Å². The van der Waals surface area contributed by atoms with E-state index in [0.717, 1.165) is 0 Å². The largest absolute Gasteiger partial charge is 0.432 e. The molecule has 2 saturated heterocycles. The van der Waals surface area contributed by atoms with Crippen molar-refractivity contribution in [3.05, 3.63) is 35.7 Å². The summed E-state index contributed by atoms with van der Waals surface area (Å²) in [5, 5.41) is 59.8. The van der Waals surface area contributed by atoms with Gasteiger partial charge in [0.25, 0.3) is 11.8 Å². The second-order valence-electron chi connectivity index (χ2n) is 12.1. The molecule has 7 N–H and O–H groups in total. The highest BCUT2D eigenvalue weighted by molar-refractivity contribution is 6.71. The molecule has 236 valence electrons. The molecule has 0 saturated carbocycles. The lowest BCUT2D eigenvalue weighted by Crippen LogP contribution is -2.60.